The Labute approximate surface area is 205 Å². The monoisotopic (exact) mass is 474 g/mol. The van der Waals surface area contributed by atoms with Crippen LogP contribution in [0.4, 0.5) is 0 Å². The summed E-state index contributed by atoms with van der Waals surface area (Å²) >= 11 is 0. The highest BCUT2D eigenvalue weighted by Crippen LogP contribution is 2.34. The number of H-pyrrole nitrogens is 1. The number of rotatable bonds is 6. The first-order chi connectivity index (χ1) is 16.4. The molecule has 0 aliphatic carbocycles. The van der Waals surface area contributed by atoms with Crippen LogP contribution in [0.3, 0.4) is 0 Å². The maximum absolute atomic E-state index is 13.4. The molecule has 1 amide bonds. The Morgan fingerprint density at radius 2 is 2.00 bits per heavy atom. The molecule has 3 aromatic rings. The largest absolute Gasteiger partial charge is 0.348 e. The number of aryl methyl sites for hydroxylation is 2. The fourth-order valence-corrected chi connectivity index (χ4v) is 5.10. The summed E-state index contributed by atoms with van der Waals surface area (Å²) in [4.78, 5) is 33.6. The van der Waals surface area contributed by atoms with Crippen LogP contribution in [-0.2, 0) is 13.1 Å². The lowest BCUT2D eigenvalue weighted by Gasteiger charge is -2.41. The Kier molecular flexibility index (Phi) is 6.27. The van der Waals surface area contributed by atoms with Crippen molar-refractivity contribution in [1.82, 2.24) is 30.4 Å². The molecular formula is C27H34N6O2. The molecule has 4 heterocycles. The lowest BCUT2D eigenvalue weighted by Crippen LogP contribution is -2.53. The maximum Gasteiger partial charge on any atom is 0.253 e. The van der Waals surface area contributed by atoms with E-state index in [-0.39, 0.29) is 29.1 Å². The minimum Gasteiger partial charge on any atom is -0.348 e. The van der Waals surface area contributed by atoms with Gasteiger partial charge >= 0.3 is 0 Å². The standard InChI is InChI=1S/C27H34N6O2/c1-8-9-33-23-21(15-29-33)19(24(34)28-14-20-16(2)10-17(3)30-25(20)35)11-22(31-23)18-12-26(4,5)32-27(6,7)13-18/h8,10-12,15,32H,1,9,13-14H2,2-7H3,(H,28,34)(H,30,35). The number of aromatic nitrogens is 4. The number of hydrogen-bond acceptors (Lipinski definition) is 5. The molecular weight excluding hydrogens is 440 g/mol. The normalized spacial score (nSPS) is 16.7. The van der Waals surface area contributed by atoms with Crippen LogP contribution in [0.1, 0.15) is 67.0 Å². The first-order valence-electron chi connectivity index (χ1n) is 11.9. The highest BCUT2D eigenvalue weighted by Gasteiger charge is 2.33. The Morgan fingerprint density at radius 3 is 2.66 bits per heavy atom. The van der Waals surface area contributed by atoms with Crippen molar-refractivity contribution in [2.45, 2.75) is 72.1 Å². The highest BCUT2D eigenvalue weighted by atomic mass is 16.1. The van der Waals surface area contributed by atoms with Gasteiger partial charge in [-0.3, -0.25) is 9.59 Å². The third-order valence-electron chi connectivity index (χ3n) is 6.23. The predicted molar refractivity (Wildman–Crippen MR) is 139 cm³/mol. The van der Waals surface area contributed by atoms with Gasteiger partial charge in [-0.15, -0.1) is 6.58 Å². The number of fused-ring (bicyclic) bond motifs is 1. The molecule has 0 unspecified atom stereocenters. The second kappa shape index (κ2) is 8.92. The van der Waals surface area contributed by atoms with Crippen LogP contribution in [0.15, 0.2) is 41.9 Å². The van der Waals surface area contributed by atoms with Gasteiger partial charge in [0.05, 0.1) is 29.4 Å². The molecule has 8 nitrogen and oxygen atoms in total. The molecule has 0 atom stereocenters. The van der Waals surface area contributed by atoms with Crippen LogP contribution in [0.2, 0.25) is 0 Å². The Balaban J connectivity index is 1.77. The molecule has 0 saturated carbocycles. The number of nitrogens with zero attached hydrogens (tertiary/aromatic N) is 3. The molecule has 1 aliphatic heterocycles. The van der Waals surface area contributed by atoms with E-state index in [0.717, 1.165) is 28.9 Å². The zero-order valence-electron chi connectivity index (χ0n) is 21.4. The van der Waals surface area contributed by atoms with Crippen molar-refractivity contribution in [3.63, 3.8) is 0 Å². The fourth-order valence-electron chi connectivity index (χ4n) is 5.10. The summed E-state index contributed by atoms with van der Waals surface area (Å²) in [7, 11) is 0. The smallest absolute Gasteiger partial charge is 0.253 e. The molecule has 8 heteroatoms. The number of amides is 1. The van der Waals surface area contributed by atoms with Crippen molar-refractivity contribution in [3.8, 4) is 0 Å². The summed E-state index contributed by atoms with van der Waals surface area (Å²) in [6, 6.07) is 3.74. The van der Waals surface area contributed by atoms with Gasteiger partial charge < -0.3 is 15.6 Å². The van der Waals surface area contributed by atoms with Gasteiger partial charge in [-0.25, -0.2) is 9.67 Å². The van der Waals surface area contributed by atoms with Gasteiger partial charge in [0, 0.05) is 28.9 Å². The van der Waals surface area contributed by atoms with Crippen molar-refractivity contribution in [1.29, 1.82) is 0 Å². The third kappa shape index (κ3) is 5.12. The summed E-state index contributed by atoms with van der Waals surface area (Å²) in [6.07, 6.45) is 6.36. The van der Waals surface area contributed by atoms with Crippen LogP contribution in [0, 0.1) is 13.8 Å². The fraction of sp³-hybridized carbons (Fsp3) is 0.407. The van der Waals surface area contributed by atoms with Crippen molar-refractivity contribution in [2.75, 3.05) is 0 Å². The van der Waals surface area contributed by atoms with E-state index in [1.54, 1.807) is 17.0 Å². The minimum atomic E-state index is -0.274. The average molecular weight is 475 g/mol. The van der Waals surface area contributed by atoms with Crippen LogP contribution in [-0.4, -0.2) is 36.7 Å². The van der Waals surface area contributed by atoms with Crippen molar-refractivity contribution < 1.29 is 4.79 Å². The van der Waals surface area contributed by atoms with E-state index in [1.807, 2.05) is 26.0 Å². The maximum atomic E-state index is 13.4. The summed E-state index contributed by atoms with van der Waals surface area (Å²) in [6.45, 7) is 16.7. The summed E-state index contributed by atoms with van der Waals surface area (Å²) < 4.78 is 1.75. The quantitative estimate of drug-likeness (QED) is 0.472. The summed E-state index contributed by atoms with van der Waals surface area (Å²) in [5.41, 5.74) is 4.58. The van der Waals surface area contributed by atoms with E-state index in [4.69, 9.17) is 4.98 Å². The van der Waals surface area contributed by atoms with Gasteiger partial charge in [0.2, 0.25) is 0 Å². The van der Waals surface area contributed by atoms with E-state index in [1.165, 1.54) is 0 Å². The number of carbonyl (C=O) groups is 1. The lowest BCUT2D eigenvalue weighted by molar-refractivity contribution is 0.0952. The van der Waals surface area contributed by atoms with Gasteiger partial charge in [-0.2, -0.15) is 5.10 Å². The number of hydrogen-bond donors (Lipinski definition) is 3. The molecule has 0 spiro atoms. The van der Waals surface area contributed by atoms with E-state index in [0.29, 0.717) is 28.7 Å². The Morgan fingerprint density at radius 1 is 1.26 bits per heavy atom. The second-order valence-corrected chi connectivity index (χ2v) is 10.6. The molecule has 0 saturated heterocycles. The molecule has 0 aromatic carbocycles. The molecule has 0 bridgehead atoms. The second-order valence-electron chi connectivity index (χ2n) is 10.6. The van der Waals surface area contributed by atoms with Gasteiger partial charge in [0.15, 0.2) is 5.65 Å². The molecule has 3 N–H and O–H groups in total. The van der Waals surface area contributed by atoms with Gasteiger partial charge in [-0.05, 0) is 71.2 Å². The Bertz CT molecular complexity index is 1410. The number of carbonyl (C=O) groups excluding carboxylic acids is 1. The van der Waals surface area contributed by atoms with Crippen molar-refractivity contribution >= 4 is 22.5 Å². The average Bonchev–Trinajstić information content (AvgIpc) is 3.13. The number of pyridine rings is 2. The van der Waals surface area contributed by atoms with Crippen molar-refractivity contribution in [2.24, 2.45) is 0 Å². The minimum absolute atomic E-state index is 0.127. The number of nitrogens with one attached hydrogen (secondary N) is 3. The van der Waals surface area contributed by atoms with E-state index < -0.39 is 0 Å². The van der Waals surface area contributed by atoms with E-state index in [9.17, 15) is 9.59 Å². The van der Waals surface area contributed by atoms with Crippen molar-refractivity contribution in [3.05, 3.63) is 75.5 Å². The topological polar surface area (TPSA) is 105 Å². The number of allylic oxidation sites excluding steroid dienone is 1. The lowest BCUT2D eigenvalue weighted by atomic mass is 9.82. The SMILES string of the molecule is C=CCn1ncc2c(C(=O)NCc3c(C)cc(C)[nH]c3=O)cc(C3=CC(C)(C)NC(C)(C)C3)nc21. The van der Waals surface area contributed by atoms with E-state index >= 15 is 0 Å². The highest BCUT2D eigenvalue weighted by molar-refractivity contribution is 6.06. The zero-order chi connectivity index (χ0) is 25.5. The first-order valence-corrected chi connectivity index (χ1v) is 11.9. The summed E-state index contributed by atoms with van der Waals surface area (Å²) in [5, 5.41) is 11.7. The zero-order valence-corrected chi connectivity index (χ0v) is 21.4. The van der Waals surface area contributed by atoms with Crippen LogP contribution >= 0.6 is 0 Å². The van der Waals surface area contributed by atoms with Gasteiger partial charge in [-0.1, -0.05) is 12.2 Å². The molecule has 0 fully saturated rings. The van der Waals surface area contributed by atoms with Crippen LogP contribution < -0.4 is 16.2 Å². The van der Waals surface area contributed by atoms with Gasteiger partial charge in [0.25, 0.3) is 11.5 Å². The molecule has 0 radical (unpaired) electrons. The first kappa shape index (κ1) is 24.6. The van der Waals surface area contributed by atoms with Gasteiger partial charge in [0.1, 0.15) is 0 Å². The molecule has 184 valence electrons. The third-order valence-corrected chi connectivity index (χ3v) is 6.23. The molecule has 35 heavy (non-hydrogen) atoms. The summed E-state index contributed by atoms with van der Waals surface area (Å²) in [5.74, 6) is -0.274. The number of aromatic amines is 1. The van der Waals surface area contributed by atoms with Crippen LogP contribution in [0.25, 0.3) is 16.6 Å². The predicted octanol–water partition coefficient (Wildman–Crippen LogP) is 3.79. The van der Waals surface area contributed by atoms with E-state index in [2.05, 4.69) is 61.1 Å². The Hall–Kier alpha value is -3.52. The van der Waals surface area contributed by atoms with Crippen LogP contribution in [0.5, 0.6) is 0 Å². The molecule has 4 rings (SSSR count). The molecule has 3 aromatic heterocycles. The molecule has 1 aliphatic rings.